The van der Waals surface area contributed by atoms with Crippen molar-refractivity contribution in [3.05, 3.63) is 35.0 Å². The summed E-state index contributed by atoms with van der Waals surface area (Å²) in [4.78, 5) is 0.239. The van der Waals surface area contributed by atoms with Crippen molar-refractivity contribution in [3.63, 3.8) is 0 Å². The minimum Gasteiger partial charge on any atom is -0.497 e. The number of nitrogens with one attached hydrogen (secondary N) is 2. The lowest BCUT2D eigenvalue weighted by Gasteiger charge is -2.13. The van der Waals surface area contributed by atoms with Crippen molar-refractivity contribution in [2.75, 3.05) is 7.11 Å². The SMILES string of the molecule is CC[C@@H](NS(=O)(=O)c1ccc(OC)cc1)c1n[nH]c(=S)o1. The summed E-state index contributed by atoms with van der Waals surface area (Å²) in [5, 5.41) is 6.32. The van der Waals surface area contributed by atoms with Crippen LogP contribution in [0.3, 0.4) is 0 Å². The highest BCUT2D eigenvalue weighted by Gasteiger charge is 2.23. The first-order valence-corrected chi connectivity index (χ1v) is 8.07. The van der Waals surface area contributed by atoms with Gasteiger partial charge in [-0.1, -0.05) is 6.92 Å². The van der Waals surface area contributed by atoms with Crippen molar-refractivity contribution in [1.82, 2.24) is 14.9 Å². The molecule has 1 aromatic carbocycles. The number of ether oxygens (including phenoxy) is 1. The average Bonchev–Trinajstić information content (AvgIpc) is 2.91. The Kier molecular flexibility index (Phi) is 4.76. The molecule has 0 amide bonds. The van der Waals surface area contributed by atoms with Crippen LogP contribution in [0.15, 0.2) is 33.6 Å². The number of nitrogens with zero attached hydrogens (tertiary/aromatic N) is 1. The average molecular weight is 329 g/mol. The Bertz CT molecular complexity index is 749. The van der Waals surface area contributed by atoms with Crippen LogP contribution in [-0.4, -0.2) is 25.7 Å². The minimum atomic E-state index is -3.69. The summed E-state index contributed by atoms with van der Waals surface area (Å²) < 4.78 is 37.3. The maximum atomic E-state index is 12.3. The van der Waals surface area contributed by atoms with Gasteiger partial charge in [0.25, 0.3) is 4.84 Å². The van der Waals surface area contributed by atoms with Gasteiger partial charge >= 0.3 is 0 Å². The molecule has 0 radical (unpaired) electrons. The van der Waals surface area contributed by atoms with E-state index in [9.17, 15) is 8.42 Å². The van der Waals surface area contributed by atoms with Crippen molar-refractivity contribution in [1.29, 1.82) is 0 Å². The highest BCUT2D eigenvalue weighted by molar-refractivity contribution is 7.89. The molecule has 0 aliphatic carbocycles. The zero-order chi connectivity index (χ0) is 15.5. The first kappa shape index (κ1) is 15.7. The fourth-order valence-corrected chi connectivity index (χ4v) is 3.11. The van der Waals surface area contributed by atoms with Gasteiger partial charge in [0.15, 0.2) is 0 Å². The van der Waals surface area contributed by atoms with Crippen LogP contribution in [0.5, 0.6) is 5.75 Å². The van der Waals surface area contributed by atoms with Gasteiger partial charge in [-0.15, -0.1) is 5.10 Å². The molecule has 0 saturated carbocycles. The van der Waals surface area contributed by atoms with Crippen LogP contribution in [0.4, 0.5) is 0 Å². The largest absolute Gasteiger partial charge is 0.497 e. The molecule has 2 aromatic rings. The minimum absolute atomic E-state index is 0.104. The van der Waals surface area contributed by atoms with Crippen LogP contribution < -0.4 is 9.46 Å². The number of hydrogen-bond donors (Lipinski definition) is 2. The van der Waals surface area contributed by atoms with Crippen molar-refractivity contribution in [3.8, 4) is 5.75 Å². The molecule has 0 unspecified atom stereocenters. The zero-order valence-electron chi connectivity index (χ0n) is 11.5. The fraction of sp³-hybridized carbons (Fsp3) is 0.333. The van der Waals surface area contributed by atoms with Crippen molar-refractivity contribution in [2.45, 2.75) is 24.3 Å². The third-order valence-electron chi connectivity index (χ3n) is 2.83. The summed E-state index contributed by atoms with van der Waals surface area (Å²) in [6, 6.07) is 5.50. The van der Waals surface area contributed by atoms with Crippen molar-refractivity contribution < 1.29 is 17.6 Å². The van der Waals surface area contributed by atoms with Crippen LogP contribution >= 0.6 is 12.2 Å². The summed E-state index contributed by atoms with van der Waals surface area (Å²) in [7, 11) is -2.17. The van der Waals surface area contributed by atoms with Gasteiger partial charge in [-0.25, -0.2) is 13.5 Å². The van der Waals surface area contributed by atoms with E-state index in [0.29, 0.717) is 12.2 Å². The Morgan fingerprint density at radius 3 is 2.57 bits per heavy atom. The van der Waals surface area contributed by atoms with Gasteiger partial charge in [-0.3, -0.25) is 0 Å². The van der Waals surface area contributed by atoms with E-state index in [1.165, 1.54) is 19.2 Å². The lowest BCUT2D eigenvalue weighted by molar-refractivity contribution is 0.413. The molecule has 114 valence electrons. The molecular formula is C12H15N3O4S2. The van der Waals surface area contributed by atoms with E-state index in [0.717, 1.165) is 0 Å². The van der Waals surface area contributed by atoms with Gasteiger partial charge in [-0.2, -0.15) is 4.72 Å². The van der Waals surface area contributed by atoms with E-state index in [-0.39, 0.29) is 15.6 Å². The van der Waals surface area contributed by atoms with E-state index in [4.69, 9.17) is 21.4 Å². The fourth-order valence-electron chi connectivity index (χ4n) is 1.71. The molecule has 0 saturated heterocycles. The predicted molar refractivity (Wildman–Crippen MR) is 78.0 cm³/mol. The number of aromatic amines is 1. The third kappa shape index (κ3) is 3.69. The second-order valence-electron chi connectivity index (χ2n) is 4.21. The molecule has 1 heterocycles. The molecule has 2 rings (SSSR count). The molecule has 1 aromatic heterocycles. The van der Waals surface area contributed by atoms with Gasteiger partial charge in [0, 0.05) is 0 Å². The highest BCUT2D eigenvalue weighted by Crippen LogP contribution is 2.20. The molecule has 0 fully saturated rings. The Morgan fingerprint density at radius 1 is 1.43 bits per heavy atom. The van der Waals surface area contributed by atoms with Gasteiger partial charge in [-0.05, 0) is 42.9 Å². The number of methoxy groups -OCH3 is 1. The lowest BCUT2D eigenvalue weighted by Crippen LogP contribution is -2.28. The normalized spacial score (nSPS) is 13.0. The quantitative estimate of drug-likeness (QED) is 0.788. The van der Waals surface area contributed by atoms with E-state index in [1.807, 2.05) is 6.92 Å². The lowest BCUT2D eigenvalue weighted by atomic mass is 10.2. The van der Waals surface area contributed by atoms with E-state index in [2.05, 4.69) is 14.9 Å². The van der Waals surface area contributed by atoms with Crippen LogP contribution in [0.1, 0.15) is 25.3 Å². The molecule has 0 aliphatic rings. The summed E-state index contributed by atoms with van der Waals surface area (Å²) in [6.45, 7) is 1.81. The number of aromatic nitrogens is 2. The maximum Gasteiger partial charge on any atom is 0.284 e. The Balaban J connectivity index is 2.24. The Morgan fingerprint density at radius 2 is 2.10 bits per heavy atom. The van der Waals surface area contributed by atoms with Gasteiger partial charge in [0.2, 0.25) is 15.9 Å². The zero-order valence-corrected chi connectivity index (χ0v) is 13.1. The molecule has 2 N–H and O–H groups in total. The van der Waals surface area contributed by atoms with Crippen LogP contribution in [0.2, 0.25) is 0 Å². The summed E-state index contributed by atoms with van der Waals surface area (Å²) in [5.41, 5.74) is 0. The summed E-state index contributed by atoms with van der Waals surface area (Å²) >= 11 is 4.79. The number of benzene rings is 1. The van der Waals surface area contributed by atoms with E-state index >= 15 is 0 Å². The molecular weight excluding hydrogens is 314 g/mol. The Hall–Kier alpha value is -1.71. The van der Waals surface area contributed by atoms with Crippen molar-refractivity contribution >= 4 is 22.2 Å². The van der Waals surface area contributed by atoms with E-state index in [1.54, 1.807) is 12.1 Å². The molecule has 0 spiro atoms. The number of H-pyrrole nitrogens is 1. The first-order chi connectivity index (χ1) is 9.96. The summed E-state index contributed by atoms with van der Waals surface area (Å²) in [5.74, 6) is 0.790. The molecule has 0 bridgehead atoms. The molecule has 7 nitrogen and oxygen atoms in total. The molecule has 1 atom stereocenters. The van der Waals surface area contributed by atoms with Crippen LogP contribution in [0.25, 0.3) is 0 Å². The van der Waals surface area contributed by atoms with Crippen LogP contribution in [-0.2, 0) is 10.0 Å². The van der Waals surface area contributed by atoms with Crippen molar-refractivity contribution in [2.24, 2.45) is 0 Å². The number of hydrogen-bond acceptors (Lipinski definition) is 6. The third-order valence-corrected chi connectivity index (χ3v) is 4.49. The highest BCUT2D eigenvalue weighted by atomic mass is 32.2. The number of rotatable bonds is 6. The Labute approximate surface area is 127 Å². The molecule has 9 heteroatoms. The van der Waals surface area contributed by atoms with Gasteiger partial charge < -0.3 is 9.15 Å². The second-order valence-corrected chi connectivity index (χ2v) is 6.29. The first-order valence-electron chi connectivity index (χ1n) is 6.18. The number of sulfonamides is 1. The molecule has 0 aliphatic heterocycles. The monoisotopic (exact) mass is 329 g/mol. The summed E-state index contributed by atoms with van der Waals surface area (Å²) in [6.07, 6.45) is 0.471. The molecule has 21 heavy (non-hydrogen) atoms. The van der Waals surface area contributed by atoms with Gasteiger partial charge in [0.05, 0.1) is 18.0 Å². The second kappa shape index (κ2) is 6.37. The van der Waals surface area contributed by atoms with Crippen LogP contribution in [0, 0.1) is 4.84 Å². The van der Waals surface area contributed by atoms with Gasteiger partial charge in [0.1, 0.15) is 5.75 Å². The predicted octanol–water partition coefficient (Wildman–Crippen LogP) is 2.17. The standard InChI is InChI=1S/C12H15N3O4S2/c1-3-10(11-13-14-12(20)19-11)15-21(16,17)9-6-4-8(18-2)5-7-9/h4-7,10,15H,3H2,1-2H3,(H,14,20)/t10-/m1/s1. The topological polar surface area (TPSA) is 97.2 Å². The maximum absolute atomic E-state index is 12.3. The smallest absolute Gasteiger partial charge is 0.284 e. The van der Waals surface area contributed by atoms with E-state index < -0.39 is 16.1 Å².